The highest BCUT2D eigenvalue weighted by molar-refractivity contribution is 6.08. The van der Waals surface area contributed by atoms with E-state index in [0.29, 0.717) is 18.2 Å². The number of rotatable bonds is 5. The maximum Gasteiger partial charge on any atom is 0.180 e. The molecule has 96 valence electrons. The summed E-state index contributed by atoms with van der Waals surface area (Å²) in [7, 11) is 0. The topological polar surface area (TPSA) is 33.5 Å². The van der Waals surface area contributed by atoms with Gasteiger partial charge in [0, 0.05) is 11.4 Å². The molecule has 3 nitrogen and oxygen atoms in total. The van der Waals surface area contributed by atoms with Crippen LogP contribution in [0.2, 0.25) is 0 Å². The number of likely N-dealkylation sites (N-methyl/N-ethyl adjacent to an activating group) is 1. The second-order valence-corrected chi connectivity index (χ2v) is 4.73. The molecule has 0 aliphatic heterocycles. The Hall–Kier alpha value is -1.61. The molecule has 3 heteroatoms. The number of carbonyl (C=O) groups is 1. The Balaban J connectivity index is 2.23. The Kier molecular flexibility index (Phi) is 3.82. The summed E-state index contributed by atoms with van der Waals surface area (Å²) < 4.78 is 5.41. The van der Waals surface area contributed by atoms with Gasteiger partial charge in [0.2, 0.25) is 0 Å². The third-order valence-corrected chi connectivity index (χ3v) is 3.26. The van der Waals surface area contributed by atoms with E-state index in [0.717, 1.165) is 17.5 Å². The van der Waals surface area contributed by atoms with E-state index in [1.54, 1.807) is 6.26 Å². The van der Waals surface area contributed by atoms with Crippen molar-refractivity contribution in [1.82, 2.24) is 4.90 Å². The molecule has 0 unspecified atom stereocenters. The van der Waals surface area contributed by atoms with E-state index in [4.69, 9.17) is 4.42 Å². The molecule has 0 spiro atoms. The number of hydrogen-bond donors (Lipinski definition) is 0. The lowest BCUT2D eigenvalue weighted by atomic mass is 10.1. The van der Waals surface area contributed by atoms with E-state index in [1.165, 1.54) is 0 Å². The molecule has 2 rings (SSSR count). The average molecular weight is 245 g/mol. The first-order valence-electron chi connectivity index (χ1n) is 6.37. The van der Waals surface area contributed by atoms with Crippen LogP contribution in [0.1, 0.15) is 31.1 Å². The zero-order chi connectivity index (χ0) is 13.1. The Bertz CT molecular complexity index is 542. The fourth-order valence-corrected chi connectivity index (χ4v) is 2.12. The highest BCUT2D eigenvalue weighted by Gasteiger charge is 2.17. The van der Waals surface area contributed by atoms with Crippen LogP contribution in [0.5, 0.6) is 0 Å². The van der Waals surface area contributed by atoms with Gasteiger partial charge in [-0.3, -0.25) is 9.69 Å². The summed E-state index contributed by atoms with van der Waals surface area (Å²) in [4.78, 5) is 14.4. The monoisotopic (exact) mass is 245 g/mol. The summed E-state index contributed by atoms with van der Waals surface area (Å²) in [5.74, 6) is 0.121. The molecule has 0 N–H and O–H groups in total. The standard InChI is InChI=1S/C15H19NO2/c1-4-16(11(2)3)9-14(17)13-10-18-15-8-6-5-7-12(13)15/h5-8,10-11H,4,9H2,1-3H3. The van der Waals surface area contributed by atoms with Crippen molar-refractivity contribution in [1.29, 1.82) is 0 Å². The summed E-state index contributed by atoms with van der Waals surface area (Å²) >= 11 is 0. The summed E-state index contributed by atoms with van der Waals surface area (Å²) in [6.45, 7) is 7.59. The minimum absolute atomic E-state index is 0.121. The molecule has 0 bridgehead atoms. The van der Waals surface area contributed by atoms with Gasteiger partial charge in [0.05, 0.1) is 12.1 Å². The molecule has 2 aromatic rings. The van der Waals surface area contributed by atoms with Crippen LogP contribution in [0.15, 0.2) is 34.9 Å². The van der Waals surface area contributed by atoms with Crippen LogP contribution >= 0.6 is 0 Å². The summed E-state index contributed by atoms with van der Waals surface area (Å²) in [6.07, 6.45) is 1.57. The molecular formula is C15H19NO2. The highest BCUT2D eigenvalue weighted by atomic mass is 16.3. The van der Waals surface area contributed by atoms with Crippen LogP contribution in [0.25, 0.3) is 11.0 Å². The SMILES string of the molecule is CCN(CC(=O)c1coc2ccccc12)C(C)C. The van der Waals surface area contributed by atoms with E-state index in [9.17, 15) is 4.79 Å². The largest absolute Gasteiger partial charge is 0.464 e. The summed E-state index contributed by atoms with van der Waals surface area (Å²) in [6, 6.07) is 8.02. The summed E-state index contributed by atoms with van der Waals surface area (Å²) in [5, 5.41) is 0.905. The molecule has 0 fully saturated rings. The Morgan fingerprint density at radius 1 is 1.33 bits per heavy atom. The van der Waals surface area contributed by atoms with E-state index in [-0.39, 0.29) is 5.78 Å². The predicted octanol–water partition coefficient (Wildman–Crippen LogP) is 3.35. The first-order chi connectivity index (χ1) is 8.63. The first-order valence-corrected chi connectivity index (χ1v) is 6.37. The van der Waals surface area contributed by atoms with Gasteiger partial charge in [-0.2, -0.15) is 0 Å². The van der Waals surface area contributed by atoms with Crippen LogP contribution < -0.4 is 0 Å². The number of Topliss-reactive ketones (excluding diaryl/α,β-unsaturated/α-hetero) is 1. The maximum absolute atomic E-state index is 12.3. The smallest absolute Gasteiger partial charge is 0.180 e. The van der Waals surface area contributed by atoms with Crippen molar-refractivity contribution in [2.24, 2.45) is 0 Å². The van der Waals surface area contributed by atoms with Crippen molar-refractivity contribution in [3.05, 3.63) is 36.1 Å². The Morgan fingerprint density at radius 2 is 2.06 bits per heavy atom. The Labute approximate surface area is 107 Å². The van der Waals surface area contributed by atoms with Gasteiger partial charge in [0.15, 0.2) is 5.78 Å². The molecule has 0 aliphatic carbocycles. The van der Waals surface area contributed by atoms with Crippen LogP contribution in [-0.2, 0) is 0 Å². The number of benzene rings is 1. The quantitative estimate of drug-likeness (QED) is 0.757. The lowest BCUT2D eigenvalue weighted by Gasteiger charge is -2.23. The van der Waals surface area contributed by atoms with Gasteiger partial charge in [-0.25, -0.2) is 0 Å². The van der Waals surface area contributed by atoms with Crippen LogP contribution in [-0.4, -0.2) is 29.8 Å². The highest BCUT2D eigenvalue weighted by Crippen LogP contribution is 2.21. The predicted molar refractivity (Wildman–Crippen MR) is 72.9 cm³/mol. The molecule has 0 amide bonds. The molecule has 0 saturated carbocycles. The summed E-state index contributed by atoms with van der Waals surface area (Å²) in [5.41, 5.74) is 1.46. The number of nitrogens with zero attached hydrogens (tertiary/aromatic N) is 1. The third-order valence-electron chi connectivity index (χ3n) is 3.26. The number of furan rings is 1. The van der Waals surface area contributed by atoms with Gasteiger partial charge in [-0.1, -0.05) is 25.1 Å². The van der Waals surface area contributed by atoms with Gasteiger partial charge >= 0.3 is 0 Å². The minimum atomic E-state index is 0.121. The maximum atomic E-state index is 12.3. The molecule has 0 atom stereocenters. The van der Waals surface area contributed by atoms with Crippen molar-refractivity contribution < 1.29 is 9.21 Å². The molecule has 0 radical (unpaired) electrons. The van der Waals surface area contributed by atoms with E-state index >= 15 is 0 Å². The number of hydrogen-bond acceptors (Lipinski definition) is 3. The molecular weight excluding hydrogens is 226 g/mol. The second kappa shape index (κ2) is 5.36. The molecule has 1 heterocycles. The normalized spacial score (nSPS) is 11.6. The van der Waals surface area contributed by atoms with E-state index in [2.05, 4.69) is 25.7 Å². The molecule has 0 aliphatic rings. The van der Waals surface area contributed by atoms with Crippen molar-refractivity contribution in [3.63, 3.8) is 0 Å². The van der Waals surface area contributed by atoms with Crippen molar-refractivity contribution in [3.8, 4) is 0 Å². The Morgan fingerprint density at radius 3 is 2.72 bits per heavy atom. The van der Waals surface area contributed by atoms with Crippen molar-refractivity contribution >= 4 is 16.8 Å². The molecule has 18 heavy (non-hydrogen) atoms. The fraction of sp³-hybridized carbons (Fsp3) is 0.400. The number of carbonyl (C=O) groups excluding carboxylic acids is 1. The lowest BCUT2D eigenvalue weighted by Crippen LogP contribution is -2.35. The number of ketones is 1. The van der Waals surface area contributed by atoms with E-state index in [1.807, 2.05) is 24.3 Å². The van der Waals surface area contributed by atoms with Crippen molar-refractivity contribution in [2.45, 2.75) is 26.8 Å². The molecule has 1 aromatic heterocycles. The molecule has 0 saturated heterocycles. The second-order valence-electron chi connectivity index (χ2n) is 4.73. The average Bonchev–Trinajstić information content (AvgIpc) is 2.79. The zero-order valence-electron chi connectivity index (χ0n) is 11.1. The van der Waals surface area contributed by atoms with Crippen LogP contribution in [0.3, 0.4) is 0 Å². The fourth-order valence-electron chi connectivity index (χ4n) is 2.12. The first kappa shape index (κ1) is 12.8. The molecule has 1 aromatic carbocycles. The van der Waals surface area contributed by atoms with Crippen LogP contribution in [0, 0.1) is 0 Å². The minimum Gasteiger partial charge on any atom is -0.464 e. The van der Waals surface area contributed by atoms with Gasteiger partial charge in [0.25, 0.3) is 0 Å². The zero-order valence-corrected chi connectivity index (χ0v) is 11.1. The third kappa shape index (κ3) is 2.46. The van der Waals surface area contributed by atoms with Gasteiger partial charge < -0.3 is 4.42 Å². The number of para-hydroxylation sites is 1. The van der Waals surface area contributed by atoms with Crippen LogP contribution in [0.4, 0.5) is 0 Å². The lowest BCUT2D eigenvalue weighted by molar-refractivity contribution is 0.0912. The van der Waals surface area contributed by atoms with Gasteiger partial charge in [-0.15, -0.1) is 0 Å². The van der Waals surface area contributed by atoms with Gasteiger partial charge in [-0.05, 0) is 26.5 Å². The van der Waals surface area contributed by atoms with Crippen molar-refractivity contribution in [2.75, 3.05) is 13.1 Å². The number of fused-ring (bicyclic) bond motifs is 1. The van der Waals surface area contributed by atoms with E-state index < -0.39 is 0 Å². The van der Waals surface area contributed by atoms with Gasteiger partial charge in [0.1, 0.15) is 11.8 Å².